The molecule has 6 heteroatoms. The van der Waals surface area contributed by atoms with Crippen molar-refractivity contribution in [1.29, 1.82) is 0 Å². The lowest BCUT2D eigenvalue weighted by Crippen LogP contribution is -2.43. The summed E-state index contributed by atoms with van der Waals surface area (Å²) in [6.45, 7) is 0.607. The number of piperidine rings is 1. The van der Waals surface area contributed by atoms with E-state index >= 15 is 0 Å². The van der Waals surface area contributed by atoms with Crippen molar-refractivity contribution in [1.82, 2.24) is 4.90 Å². The van der Waals surface area contributed by atoms with Crippen LogP contribution < -0.4 is 0 Å². The molecule has 1 aromatic heterocycles. The van der Waals surface area contributed by atoms with Crippen LogP contribution in [0.3, 0.4) is 0 Å². The SMILES string of the molecule is O=C(O)CCC1CCCCN1C(=O)c1ccc(-c2ccc(F)cc2)o1. The number of aliphatic carboxylic acids is 1. The van der Waals surface area contributed by atoms with E-state index in [1.807, 2.05) is 0 Å². The van der Waals surface area contributed by atoms with Gasteiger partial charge >= 0.3 is 5.97 Å². The van der Waals surface area contributed by atoms with Crippen molar-refractivity contribution in [2.24, 2.45) is 0 Å². The van der Waals surface area contributed by atoms with Gasteiger partial charge in [0.15, 0.2) is 5.76 Å². The van der Waals surface area contributed by atoms with Crippen LogP contribution in [0.1, 0.15) is 42.7 Å². The fraction of sp³-hybridized carbons (Fsp3) is 0.368. The molecule has 2 aromatic rings. The molecule has 25 heavy (non-hydrogen) atoms. The molecule has 1 saturated heterocycles. The molecule has 1 atom stereocenters. The van der Waals surface area contributed by atoms with E-state index in [-0.39, 0.29) is 29.9 Å². The van der Waals surface area contributed by atoms with Crippen molar-refractivity contribution < 1.29 is 23.5 Å². The second-order valence-corrected chi connectivity index (χ2v) is 6.25. The van der Waals surface area contributed by atoms with Crippen LogP contribution in [0.25, 0.3) is 11.3 Å². The van der Waals surface area contributed by atoms with Crippen LogP contribution in [0.5, 0.6) is 0 Å². The van der Waals surface area contributed by atoms with Gasteiger partial charge in [-0.2, -0.15) is 0 Å². The van der Waals surface area contributed by atoms with Gasteiger partial charge in [0.1, 0.15) is 11.6 Å². The summed E-state index contributed by atoms with van der Waals surface area (Å²) in [5.41, 5.74) is 0.696. The Bertz CT molecular complexity index is 753. The van der Waals surface area contributed by atoms with E-state index in [1.54, 1.807) is 29.2 Å². The van der Waals surface area contributed by atoms with Gasteiger partial charge in [-0.3, -0.25) is 9.59 Å². The summed E-state index contributed by atoms with van der Waals surface area (Å²) >= 11 is 0. The summed E-state index contributed by atoms with van der Waals surface area (Å²) < 4.78 is 18.7. The van der Waals surface area contributed by atoms with Crippen LogP contribution in [0.2, 0.25) is 0 Å². The third kappa shape index (κ3) is 4.07. The summed E-state index contributed by atoms with van der Waals surface area (Å²) in [4.78, 5) is 25.3. The largest absolute Gasteiger partial charge is 0.481 e. The Morgan fingerprint density at radius 3 is 2.64 bits per heavy atom. The minimum Gasteiger partial charge on any atom is -0.481 e. The molecular formula is C19H20FNO4. The lowest BCUT2D eigenvalue weighted by atomic mass is 9.97. The van der Waals surface area contributed by atoms with Crippen LogP contribution in [0, 0.1) is 5.82 Å². The molecule has 132 valence electrons. The van der Waals surface area contributed by atoms with Crippen molar-refractivity contribution in [3.05, 3.63) is 48.0 Å². The van der Waals surface area contributed by atoms with Crippen LogP contribution in [0.15, 0.2) is 40.8 Å². The highest BCUT2D eigenvalue weighted by Crippen LogP contribution is 2.27. The number of hydrogen-bond acceptors (Lipinski definition) is 3. The number of amides is 1. The Balaban J connectivity index is 1.75. The molecule has 0 bridgehead atoms. The van der Waals surface area contributed by atoms with Crippen LogP contribution in [-0.2, 0) is 4.79 Å². The quantitative estimate of drug-likeness (QED) is 0.891. The Morgan fingerprint density at radius 2 is 1.92 bits per heavy atom. The summed E-state index contributed by atoms with van der Waals surface area (Å²) in [7, 11) is 0. The molecule has 0 saturated carbocycles. The molecule has 1 amide bonds. The molecule has 0 aliphatic carbocycles. The Labute approximate surface area is 145 Å². The normalized spacial score (nSPS) is 17.5. The van der Waals surface area contributed by atoms with E-state index in [1.165, 1.54) is 12.1 Å². The molecular weight excluding hydrogens is 325 g/mol. The minimum absolute atomic E-state index is 0.0490. The molecule has 0 radical (unpaired) electrons. The zero-order chi connectivity index (χ0) is 17.8. The molecule has 1 aliphatic heterocycles. The average molecular weight is 345 g/mol. The standard InChI is InChI=1S/C19H20FNO4/c20-14-6-4-13(5-7-14)16-9-10-17(25-16)19(24)21-12-2-1-3-15(21)8-11-18(22)23/h4-7,9-10,15H,1-3,8,11-12H2,(H,22,23). The molecule has 1 unspecified atom stereocenters. The first-order valence-corrected chi connectivity index (χ1v) is 8.43. The maximum Gasteiger partial charge on any atom is 0.303 e. The lowest BCUT2D eigenvalue weighted by Gasteiger charge is -2.35. The predicted octanol–water partition coefficient (Wildman–Crippen LogP) is 3.95. The number of furan rings is 1. The Kier molecular flexibility index (Phi) is 5.16. The van der Waals surface area contributed by atoms with E-state index in [2.05, 4.69) is 0 Å². The molecule has 5 nitrogen and oxygen atoms in total. The number of rotatable bonds is 5. The third-order valence-electron chi connectivity index (χ3n) is 4.52. The van der Waals surface area contributed by atoms with Gasteiger partial charge in [-0.15, -0.1) is 0 Å². The van der Waals surface area contributed by atoms with E-state index in [4.69, 9.17) is 9.52 Å². The van der Waals surface area contributed by atoms with Crippen molar-refractivity contribution in [2.75, 3.05) is 6.54 Å². The summed E-state index contributed by atoms with van der Waals surface area (Å²) in [6.07, 6.45) is 3.21. The molecule has 1 aliphatic rings. The van der Waals surface area contributed by atoms with E-state index < -0.39 is 5.97 Å². The number of likely N-dealkylation sites (tertiary alicyclic amines) is 1. The first kappa shape index (κ1) is 17.2. The van der Waals surface area contributed by atoms with E-state index in [0.717, 1.165) is 19.3 Å². The molecule has 0 spiro atoms. The number of carbonyl (C=O) groups is 2. The maximum atomic E-state index is 13.0. The van der Waals surface area contributed by atoms with Gasteiger partial charge in [0.05, 0.1) is 0 Å². The summed E-state index contributed by atoms with van der Waals surface area (Å²) in [5.74, 6) is -0.678. The zero-order valence-corrected chi connectivity index (χ0v) is 13.8. The number of benzene rings is 1. The number of hydrogen-bond donors (Lipinski definition) is 1. The minimum atomic E-state index is -0.852. The number of carboxylic acid groups (broad SMARTS) is 1. The smallest absolute Gasteiger partial charge is 0.303 e. The van der Waals surface area contributed by atoms with Crippen LogP contribution >= 0.6 is 0 Å². The monoisotopic (exact) mass is 345 g/mol. The predicted molar refractivity (Wildman–Crippen MR) is 89.6 cm³/mol. The second-order valence-electron chi connectivity index (χ2n) is 6.25. The summed E-state index contributed by atoms with van der Waals surface area (Å²) in [6, 6.07) is 9.10. The van der Waals surface area contributed by atoms with Gasteiger partial charge in [0, 0.05) is 24.6 Å². The van der Waals surface area contributed by atoms with Gasteiger partial charge in [-0.25, -0.2) is 4.39 Å². The van der Waals surface area contributed by atoms with Crippen molar-refractivity contribution in [3.8, 4) is 11.3 Å². The highest BCUT2D eigenvalue weighted by Gasteiger charge is 2.29. The molecule has 3 rings (SSSR count). The van der Waals surface area contributed by atoms with Crippen LogP contribution in [-0.4, -0.2) is 34.5 Å². The first-order chi connectivity index (χ1) is 12.0. The van der Waals surface area contributed by atoms with Gasteiger partial charge in [-0.1, -0.05) is 0 Å². The van der Waals surface area contributed by atoms with E-state index in [0.29, 0.717) is 24.3 Å². The van der Waals surface area contributed by atoms with Gasteiger partial charge in [0.2, 0.25) is 0 Å². The average Bonchev–Trinajstić information content (AvgIpc) is 3.10. The van der Waals surface area contributed by atoms with Crippen LogP contribution in [0.4, 0.5) is 4.39 Å². The highest BCUT2D eigenvalue weighted by atomic mass is 19.1. The topological polar surface area (TPSA) is 70.8 Å². The van der Waals surface area contributed by atoms with Gasteiger partial charge < -0.3 is 14.4 Å². The Hall–Kier alpha value is -2.63. The molecule has 1 aromatic carbocycles. The van der Waals surface area contributed by atoms with Gasteiger partial charge in [0.25, 0.3) is 5.91 Å². The lowest BCUT2D eigenvalue weighted by molar-refractivity contribution is -0.137. The first-order valence-electron chi connectivity index (χ1n) is 8.43. The summed E-state index contributed by atoms with van der Waals surface area (Å²) in [5, 5.41) is 8.89. The highest BCUT2D eigenvalue weighted by molar-refractivity contribution is 5.92. The van der Waals surface area contributed by atoms with Crippen molar-refractivity contribution in [2.45, 2.75) is 38.1 Å². The molecule has 1 fully saturated rings. The molecule has 1 N–H and O–H groups in total. The maximum absolute atomic E-state index is 13.0. The zero-order valence-electron chi connectivity index (χ0n) is 13.8. The fourth-order valence-electron chi connectivity index (χ4n) is 3.22. The Morgan fingerprint density at radius 1 is 1.16 bits per heavy atom. The van der Waals surface area contributed by atoms with Crippen molar-refractivity contribution in [3.63, 3.8) is 0 Å². The third-order valence-corrected chi connectivity index (χ3v) is 4.52. The number of carboxylic acids is 1. The second kappa shape index (κ2) is 7.51. The van der Waals surface area contributed by atoms with Crippen molar-refractivity contribution >= 4 is 11.9 Å². The fourth-order valence-corrected chi connectivity index (χ4v) is 3.22. The molecule has 2 heterocycles. The van der Waals surface area contributed by atoms with Gasteiger partial charge in [-0.05, 0) is 62.1 Å². The number of nitrogens with zero attached hydrogens (tertiary/aromatic N) is 1. The van der Waals surface area contributed by atoms with E-state index in [9.17, 15) is 14.0 Å². The number of carbonyl (C=O) groups excluding carboxylic acids is 1. The number of halogens is 1.